The van der Waals surface area contributed by atoms with Gasteiger partial charge in [0.2, 0.25) is 0 Å². The van der Waals surface area contributed by atoms with E-state index in [2.05, 4.69) is 18.9 Å². The highest BCUT2D eigenvalue weighted by molar-refractivity contribution is 7.21. The minimum Gasteiger partial charge on any atom is -0.397 e. The van der Waals surface area contributed by atoms with E-state index in [9.17, 15) is 4.79 Å². The highest BCUT2D eigenvalue weighted by Gasteiger charge is 2.29. The van der Waals surface area contributed by atoms with Crippen molar-refractivity contribution in [3.63, 3.8) is 0 Å². The summed E-state index contributed by atoms with van der Waals surface area (Å²) >= 11 is 7.44. The van der Waals surface area contributed by atoms with Gasteiger partial charge in [0, 0.05) is 40.8 Å². The summed E-state index contributed by atoms with van der Waals surface area (Å²) in [6.45, 7) is 4.61. The average Bonchev–Trinajstić information content (AvgIpc) is 2.75. The summed E-state index contributed by atoms with van der Waals surface area (Å²) < 4.78 is 0.963. The summed E-state index contributed by atoms with van der Waals surface area (Å²) in [5, 5.41) is 1.57. The molecule has 0 saturated carbocycles. The van der Waals surface area contributed by atoms with E-state index in [-0.39, 0.29) is 11.9 Å². The Kier molecular flexibility index (Phi) is 3.82. The average molecular weight is 324 g/mol. The highest BCUT2D eigenvalue weighted by Crippen LogP contribution is 2.36. The number of amides is 1. The van der Waals surface area contributed by atoms with Crippen LogP contribution >= 0.6 is 22.9 Å². The molecule has 4 nitrogen and oxygen atoms in total. The Morgan fingerprint density at radius 3 is 2.90 bits per heavy atom. The van der Waals surface area contributed by atoms with Crippen LogP contribution in [0.5, 0.6) is 0 Å². The summed E-state index contributed by atoms with van der Waals surface area (Å²) in [6, 6.07) is 5.75. The van der Waals surface area contributed by atoms with Gasteiger partial charge in [-0.05, 0) is 32.2 Å². The lowest BCUT2D eigenvalue weighted by molar-refractivity contribution is 0.0539. The van der Waals surface area contributed by atoms with Gasteiger partial charge in [-0.1, -0.05) is 11.6 Å². The minimum atomic E-state index is 0.0328. The molecule has 0 bridgehead atoms. The number of benzene rings is 1. The first-order valence-corrected chi connectivity index (χ1v) is 8.14. The third-order valence-corrected chi connectivity index (χ3v) is 5.37. The predicted octanol–water partition coefficient (Wildman–Crippen LogP) is 2.91. The van der Waals surface area contributed by atoms with Crippen LogP contribution in [-0.2, 0) is 0 Å². The van der Waals surface area contributed by atoms with Gasteiger partial charge in [0.05, 0.1) is 5.69 Å². The van der Waals surface area contributed by atoms with Crippen molar-refractivity contribution in [2.75, 3.05) is 32.4 Å². The maximum atomic E-state index is 12.8. The Hall–Kier alpha value is -1.30. The van der Waals surface area contributed by atoms with Gasteiger partial charge in [0.25, 0.3) is 5.91 Å². The quantitative estimate of drug-likeness (QED) is 0.878. The van der Waals surface area contributed by atoms with Crippen molar-refractivity contribution in [1.29, 1.82) is 0 Å². The lowest BCUT2D eigenvalue weighted by Crippen LogP contribution is -2.52. The van der Waals surface area contributed by atoms with Gasteiger partial charge in [0.1, 0.15) is 4.88 Å². The van der Waals surface area contributed by atoms with Crippen LogP contribution in [0.4, 0.5) is 5.69 Å². The van der Waals surface area contributed by atoms with Crippen LogP contribution in [-0.4, -0.2) is 48.4 Å². The second-order valence-corrected chi connectivity index (χ2v) is 7.08. The molecule has 3 rings (SSSR count). The van der Waals surface area contributed by atoms with Crippen LogP contribution in [0.25, 0.3) is 10.1 Å². The first-order valence-electron chi connectivity index (χ1n) is 6.94. The number of piperazine rings is 1. The fourth-order valence-corrected chi connectivity index (χ4v) is 4.18. The SMILES string of the molecule is CC1CN(C)CCN1C(=O)c1sc2cc(Cl)ccc2c1N. The smallest absolute Gasteiger partial charge is 0.266 e. The molecular weight excluding hydrogens is 306 g/mol. The van der Waals surface area contributed by atoms with Crippen LogP contribution in [0.3, 0.4) is 0 Å². The Morgan fingerprint density at radius 1 is 1.43 bits per heavy atom. The topological polar surface area (TPSA) is 49.6 Å². The van der Waals surface area contributed by atoms with E-state index >= 15 is 0 Å². The molecule has 6 heteroatoms. The Labute approximate surface area is 133 Å². The zero-order chi connectivity index (χ0) is 15.1. The zero-order valence-corrected chi connectivity index (χ0v) is 13.7. The normalized spacial score (nSPS) is 20.1. The van der Waals surface area contributed by atoms with Crippen molar-refractivity contribution in [1.82, 2.24) is 9.80 Å². The van der Waals surface area contributed by atoms with E-state index in [1.807, 2.05) is 17.0 Å². The summed E-state index contributed by atoms with van der Waals surface area (Å²) in [6.07, 6.45) is 0. The maximum absolute atomic E-state index is 12.8. The Morgan fingerprint density at radius 2 is 2.19 bits per heavy atom. The molecule has 112 valence electrons. The number of rotatable bonds is 1. The summed E-state index contributed by atoms with van der Waals surface area (Å²) in [4.78, 5) is 17.6. The number of carbonyl (C=O) groups is 1. The largest absolute Gasteiger partial charge is 0.397 e. The molecule has 1 amide bonds. The molecule has 1 fully saturated rings. The number of carbonyl (C=O) groups excluding carboxylic acids is 1. The molecule has 1 aromatic heterocycles. The van der Waals surface area contributed by atoms with Crippen LogP contribution in [0.1, 0.15) is 16.6 Å². The Balaban J connectivity index is 1.96. The van der Waals surface area contributed by atoms with Gasteiger partial charge in [-0.2, -0.15) is 0 Å². The number of hydrogen-bond acceptors (Lipinski definition) is 4. The maximum Gasteiger partial charge on any atom is 0.266 e. The first-order chi connectivity index (χ1) is 9.97. The molecular formula is C15H18ClN3OS. The number of hydrogen-bond donors (Lipinski definition) is 1. The third-order valence-electron chi connectivity index (χ3n) is 3.98. The van der Waals surface area contributed by atoms with Gasteiger partial charge in [0.15, 0.2) is 0 Å². The number of likely N-dealkylation sites (N-methyl/N-ethyl adjacent to an activating group) is 1. The van der Waals surface area contributed by atoms with E-state index in [0.29, 0.717) is 15.6 Å². The van der Waals surface area contributed by atoms with E-state index in [0.717, 1.165) is 29.7 Å². The number of nitrogen functional groups attached to an aromatic ring is 1. The molecule has 1 unspecified atom stereocenters. The Bertz CT molecular complexity index is 700. The molecule has 2 N–H and O–H groups in total. The standard InChI is InChI=1S/C15H18ClN3OS/c1-9-8-18(2)5-6-19(9)15(20)14-13(17)11-4-3-10(16)7-12(11)21-14/h3-4,7,9H,5-6,8,17H2,1-2H3. The molecule has 1 aliphatic rings. The molecule has 1 aromatic carbocycles. The highest BCUT2D eigenvalue weighted by atomic mass is 35.5. The monoisotopic (exact) mass is 323 g/mol. The number of halogens is 1. The lowest BCUT2D eigenvalue weighted by Gasteiger charge is -2.38. The number of anilines is 1. The summed E-state index contributed by atoms with van der Waals surface area (Å²) in [5.74, 6) is 0.0328. The van der Waals surface area contributed by atoms with Crippen molar-refractivity contribution in [3.05, 3.63) is 28.1 Å². The molecule has 0 aliphatic carbocycles. The molecule has 0 spiro atoms. The lowest BCUT2D eigenvalue weighted by atomic mass is 10.1. The summed E-state index contributed by atoms with van der Waals surface area (Å²) in [5.41, 5.74) is 6.75. The fraction of sp³-hybridized carbons (Fsp3) is 0.400. The molecule has 1 saturated heterocycles. The van der Waals surface area contributed by atoms with Crippen molar-refractivity contribution >= 4 is 44.6 Å². The zero-order valence-electron chi connectivity index (χ0n) is 12.1. The molecule has 1 aliphatic heterocycles. The number of thiophene rings is 1. The molecule has 0 radical (unpaired) electrons. The van der Waals surface area contributed by atoms with Gasteiger partial charge in [-0.25, -0.2) is 0 Å². The van der Waals surface area contributed by atoms with Crippen molar-refractivity contribution < 1.29 is 4.79 Å². The van der Waals surface area contributed by atoms with Crippen molar-refractivity contribution in [2.24, 2.45) is 0 Å². The fourth-order valence-electron chi connectivity index (χ4n) is 2.82. The third kappa shape index (κ3) is 2.61. The van der Waals surface area contributed by atoms with Crippen LogP contribution in [0.15, 0.2) is 18.2 Å². The number of nitrogens with two attached hydrogens (primary N) is 1. The second kappa shape index (κ2) is 5.48. The van der Waals surface area contributed by atoms with Gasteiger partial charge in [-0.3, -0.25) is 4.79 Å². The van der Waals surface area contributed by atoms with E-state index in [4.69, 9.17) is 17.3 Å². The summed E-state index contributed by atoms with van der Waals surface area (Å²) in [7, 11) is 2.08. The van der Waals surface area contributed by atoms with Crippen LogP contribution < -0.4 is 5.73 Å². The number of nitrogens with zero attached hydrogens (tertiary/aromatic N) is 2. The predicted molar refractivity (Wildman–Crippen MR) is 89.2 cm³/mol. The van der Waals surface area contributed by atoms with Gasteiger partial charge in [-0.15, -0.1) is 11.3 Å². The van der Waals surface area contributed by atoms with Crippen molar-refractivity contribution in [3.8, 4) is 0 Å². The molecule has 21 heavy (non-hydrogen) atoms. The number of fused-ring (bicyclic) bond motifs is 1. The van der Waals surface area contributed by atoms with Gasteiger partial charge >= 0.3 is 0 Å². The second-order valence-electron chi connectivity index (χ2n) is 5.60. The van der Waals surface area contributed by atoms with E-state index in [1.54, 1.807) is 6.07 Å². The van der Waals surface area contributed by atoms with E-state index in [1.165, 1.54) is 11.3 Å². The molecule has 1 atom stereocenters. The molecule has 2 aromatic rings. The van der Waals surface area contributed by atoms with Crippen LogP contribution in [0, 0.1) is 0 Å². The van der Waals surface area contributed by atoms with Crippen LogP contribution in [0.2, 0.25) is 5.02 Å². The van der Waals surface area contributed by atoms with Gasteiger partial charge < -0.3 is 15.5 Å². The van der Waals surface area contributed by atoms with E-state index < -0.39 is 0 Å². The first kappa shape index (κ1) is 14.6. The minimum absolute atomic E-state index is 0.0328. The molecule has 2 heterocycles. The van der Waals surface area contributed by atoms with Crippen molar-refractivity contribution in [2.45, 2.75) is 13.0 Å².